The van der Waals surface area contributed by atoms with Crippen molar-refractivity contribution in [2.45, 2.75) is 0 Å². The van der Waals surface area contributed by atoms with Crippen LogP contribution in [0.2, 0.25) is 0 Å². The summed E-state index contributed by atoms with van der Waals surface area (Å²) in [6.07, 6.45) is 0. The predicted molar refractivity (Wildman–Crippen MR) is 93.9 cm³/mol. The molecule has 0 bridgehead atoms. The van der Waals surface area contributed by atoms with Gasteiger partial charge in [0.2, 0.25) is 0 Å². The summed E-state index contributed by atoms with van der Waals surface area (Å²) in [6.45, 7) is 0. The van der Waals surface area contributed by atoms with Crippen LogP contribution in [-0.4, -0.2) is 18.1 Å². The fraction of sp³-hybridized carbons (Fsp3) is 0.0667. The van der Waals surface area contributed by atoms with Gasteiger partial charge in [-0.25, -0.2) is 5.01 Å². The van der Waals surface area contributed by atoms with Crippen molar-refractivity contribution < 1.29 is 9.53 Å². The predicted octanol–water partition coefficient (Wildman–Crippen LogP) is 2.85. The average molecular weight is 380 g/mol. The summed E-state index contributed by atoms with van der Waals surface area (Å²) in [7, 11) is 1.53. The normalized spacial score (nSPS) is 9.91. The Balaban J connectivity index is 2.32. The van der Waals surface area contributed by atoms with Crippen LogP contribution in [0.1, 0.15) is 10.4 Å². The quantitative estimate of drug-likeness (QED) is 0.633. The number of carbonyl (C=O) groups excluding carboxylic acids is 1. The van der Waals surface area contributed by atoms with Gasteiger partial charge in [-0.1, -0.05) is 24.3 Å². The summed E-state index contributed by atoms with van der Waals surface area (Å²) < 4.78 is 5.95. The number of amides is 1. The molecule has 0 spiro atoms. The van der Waals surface area contributed by atoms with Gasteiger partial charge in [0.05, 0.1) is 12.7 Å². The molecule has 0 saturated heterocycles. The van der Waals surface area contributed by atoms with E-state index in [-0.39, 0.29) is 11.0 Å². The van der Waals surface area contributed by atoms with E-state index in [0.29, 0.717) is 21.5 Å². The summed E-state index contributed by atoms with van der Waals surface area (Å²) in [4.78, 5) is 12.4. The lowest BCUT2D eigenvalue weighted by atomic mass is 10.2. The second-order valence-corrected chi connectivity index (χ2v) is 5.54. The maximum Gasteiger partial charge on any atom is 0.271 e. The van der Waals surface area contributed by atoms with Crippen LogP contribution in [0.3, 0.4) is 0 Å². The third-order valence-corrected chi connectivity index (χ3v) is 3.75. The zero-order valence-corrected chi connectivity index (χ0v) is 14.1. The standard InChI is InChI=1S/C15H14BrN3O2S/c1-21-13-9-5-4-8-12(13)19(15(17)22)18-14(20)10-6-2-3-7-11(10)16/h2-9H,1H3,(H2,17,22)(H,18,20). The number of halogens is 1. The van der Waals surface area contributed by atoms with Gasteiger partial charge >= 0.3 is 0 Å². The van der Waals surface area contributed by atoms with E-state index in [0.717, 1.165) is 0 Å². The first-order valence-electron chi connectivity index (χ1n) is 6.32. The fourth-order valence-corrected chi connectivity index (χ4v) is 2.46. The second kappa shape index (κ2) is 7.24. The number of hydrazine groups is 1. The summed E-state index contributed by atoms with van der Waals surface area (Å²) in [6, 6.07) is 14.2. The van der Waals surface area contributed by atoms with E-state index < -0.39 is 0 Å². The fourth-order valence-electron chi connectivity index (χ4n) is 1.86. The molecule has 114 valence electrons. The number of methoxy groups -OCH3 is 1. The minimum Gasteiger partial charge on any atom is -0.494 e. The van der Waals surface area contributed by atoms with Crippen molar-refractivity contribution in [1.82, 2.24) is 5.43 Å². The number of thiocarbonyl (C=S) groups is 1. The molecule has 2 aromatic carbocycles. The Labute approximate surface area is 142 Å². The van der Waals surface area contributed by atoms with Gasteiger partial charge in [0.1, 0.15) is 11.4 Å². The van der Waals surface area contributed by atoms with Gasteiger partial charge in [-0.05, 0) is 52.4 Å². The van der Waals surface area contributed by atoms with Gasteiger partial charge in [-0.3, -0.25) is 10.2 Å². The van der Waals surface area contributed by atoms with Crippen molar-refractivity contribution in [2.75, 3.05) is 12.1 Å². The SMILES string of the molecule is COc1ccccc1N(NC(=O)c1ccccc1Br)C(N)=S. The van der Waals surface area contributed by atoms with Gasteiger partial charge in [0.25, 0.3) is 5.91 Å². The lowest BCUT2D eigenvalue weighted by molar-refractivity contribution is 0.0954. The van der Waals surface area contributed by atoms with Gasteiger partial charge in [0, 0.05) is 4.47 Å². The number of para-hydroxylation sites is 2. The molecule has 0 atom stereocenters. The first kappa shape index (κ1) is 16.3. The van der Waals surface area contributed by atoms with E-state index >= 15 is 0 Å². The highest BCUT2D eigenvalue weighted by Crippen LogP contribution is 2.26. The Kier molecular flexibility index (Phi) is 5.35. The largest absolute Gasteiger partial charge is 0.494 e. The Morgan fingerprint density at radius 3 is 2.50 bits per heavy atom. The Morgan fingerprint density at radius 1 is 1.23 bits per heavy atom. The topological polar surface area (TPSA) is 67.6 Å². The molecule has 0 fully saturated rings. The molecule has 0 aliphatic heterocycles. The molecule has 22 heavy (non-hydrogen) atoms. The summed E-state index contributed by atoms with van der Waals surface area (Å²) in [5, 5.41) is 1.32. The monoisotopic (exact) mass is 379 g/mol. The van der Waals surface area contributed by atoms with Gasteiger partial charge in [0.15, 0.2) is 5.11 Å². The van der Waals surface area contributed by atoms with Crippen LogP contribution in [-0.2, 0) is 0 Å². The van der Waals surface area contributed by atoms with Crippen molar-refractivity contribution in [3.63, 3.8) is 0 Å². The number of nitrogens with two attached hydrogens (primary N) is 1. The summed E-state index contributed by atoms with van der Waals surface area (Å²) in [5.74, 6) is 0.203. The maximum atomic E-state index is 12.4. The molecule has 5 nitrogen and oxygen atoms in total. The van der Waals surface area contributed by atoms with Crippen LogP contribution >= 0.6 is 28.1 Å². The van der Waals surface area contributed by atoms with Gasteiger partial charge in [-0.15, -0.1) is 0 Å². The summed E-state index contributed by atoms with van der Waals surface area (Å²) >= 11 is 8.37. The number of carbonyl (C=O) groups is 1. The molecule has 2 rings (SSSR count). The van der Waals surface area contributed by atoms with Crippen molar-refractivity contribution in [2.24, 2.45) is 5.73 Å². The van der Waals surface area contributed by atoms with Crippen LogP contribution in [0.5, 0.6) is 5.75 Å². The van der Waals surface area contributed by atoms with E-state index in [1.165, 1.54) is 12.1 Å². The van der Waals surface area contributed by atoms with E-state index in [2.05, 4.69) is 21.4 Å². The number of rotatable bonds is 3. The lowest BCUT2D eigenvalue weighted by Gasteiger charge is -2.25. The molecule has 1 amide bonds. The maximum absolute atomic E-state index is 12.4. The van der Waals surface area contributed by atoms with E-state index in [9.17, 15) is 4.79 Å². The molecule has 3 N–H and O–H groups in total. The Hall–Kier alpha value is -2.12. The first-order valence-corrected chi connectivity index (χ1v) is 7.53. The lowest BCUT2D eigenvalue weighted by Crippen LogP contribution is -2.49. The Bertz CT molecular complexity index is 709. The smallest absolute Gasteiger partial charge is 0.271 e. The first-order chi connectivity index (χ1) is 10.5. The number of benzene rings is 2. The number of hydrogen-bond acceptors (Lipinski definition) is 3. The van der Waals surface area contributed by atoms with Gasteiger partial charge in [-0.2, -0.15) is 0 Å². The molecule has 0 radical (unpaired) electrons. The van der Waals surface area contributed by atoms with Gasteiger partial charge < -0.3 is 10.5 Å². The molecule has 2 aromatic rings. The van der Waals surface area contributed by atoms with Crippen molar-refractivity contribution >= 4 is 44.9 Å². The van der Waals surface area contributed by atoms with Crippen LogP contribution in [0.4, 0.5) is 5.69 Å². The zero-order chi connectivity index (χ0) is 16.1. The molecule has 0 aromatic heterocycles. The number of anilines is 1. The number of nitrogens with one attached hydrogen (secondary N) is 1. The molecule has 0 heterocycles. The summed E-state index contributed by atoms with van der Waals surface area (Å²) in [5.41, 5.74) is 9.44. The van der Waals surface area contributed by atoms with Crippen LogP contribution in [0.15, 0.2) is 53.0 Å². The second-order valence-electron chi connectivity index (χ2n) is 4.27. The molecule has 0 aliphatic carbocycles. The minimum absolute atomic E-state index is 0.00454. The Morgan fingerprint density at radius 2 is 1.86 bits per heavy atom. The third kappa shape index (κ3) is 3.55. The highest BCUT2D eigenvalue weighted by Gasteiger charge is 2.18. The van der Waals surface area contributed by atoms with Crippen molar-refractivity contribution in [3.8, 4) is 5.75 Å². The minimum atomic E-state index is -0.341. The molecular weight excluding hydrogens is 366 g/mol. The van der Waals surface area contributed by atoms with Crippen LogP contribution in [0, 0.1) is 0 Å². The number of hydrogen-bond donors (Lipinski definition) is 2. The number of ether oxygens (including phenoxy) is 1. The molecule has 7 heteroatoms. The van der Waals surface area contributed by atoms with Crippen molar-refractivity contribution in [1.29, 1.82) is 0 Å². The van der Waals surface area contributed by atoms with E-state index in [1.54, 1.807) is 36.4 Å². The van der Waals surface area contributed by atoms with Crippen LogP contribution in [0.25, 0.3) is 0 Å². The highest BCUT2D eigenvalue weighted by atomic mass is 79.9. The third-order valence-electron chi connectivity index (χ3n) is 2.88. The van der Waals surface area contributed by atoms with E-state index in [1.807, 2.05) is 12.1 Å². The zero-order valence-electron chi connectivity index (χ0n) is 11.7. The highest BCUT2D eigenvalue weighted by molar-refractivity contribution is 9.10. The average Bonchev–Trinajstić information content (AvgIpc) is 2.52. The molecular formula is C15H14BrN3O2S. The van der Waals surface area contributed by atoms with Crippen LogP contribution < -0.4 is 20.9 Å². The molecule has 0 unspecified atom stereocenters. The molecule has 0 aliphatic rings. The van der Waals surface area contributed by atoms with E-state index in [4.69, 9.17) is 22.7 Å². The van der Waals surface area contributed by atoms with Crippen molar-refractivity contribution in [3.05, 3.63) is 58.6 Å². The molecule has 0 saturated carbocycles. The number of nitrogens with zero attached hydrogens (tertiary/aromatic N) is 1.